The molecule has 3 aromatic rings. The third-order valence-electron chi connectivity index (χ3n) is 3.39. The lowest BCUT2D eigenvalue weighted by molar-refractivity contribution is 0.274. The van der Waals surface area contributed by atoms with Crippen LogP contribution in [0.2, 0.25) is 0 Å². The Balaban J connectivity index is 2.11. The standard InChI is InChI=1S/C16H16N2O/c1-12-6-5-9-18-15(11-19)14(17-16(12)18)10-13-7-3-2-4-8-13/h2-9,19H,10-11H2,1H3. The Morgan fingerprint density at radius 1 is 1.11 bits per heavy atom. The summed E-state index contributed by atoms with van der Waals surface area (Å²) < 4.78 is 1.98. The van der Waals surface area contributed by atoms with Crippen molar-refractivity contribution in [3.05, 3.63) is 71.2 Å². The summed E-state index contributed by atoms with van der Waals surface area (Å²) in [6.45, 7) is 2.04. The lowest BCUT2D eigenvalue weighted by Crippen LogP contribution is -1.97. The van der Waals surface area contributed by atoms with E-state index in [0.717, 1.165) is 29.0 Å². The highest BCUT2D eigenvalue weighted by Crippen LogP contribution is 2.18. The minimum atomic E-state index is 0.00673. The maximum absolute atomic E-state index is 9.61. The molecule has 0 amide bonds. The molecule has 0 radical (unpaired) electrons. The number of pyridine rings is 1. The molecule has 0 aliphatic rings. The van der Waals surface area contributed by atoms with E-state index in [2.05, 4.69) is 17.1 Å². The van der Waals surface area contributed by atoms with Crippen LogP contribution in [0.4, 0.5) is 0 Å². The second-order valence-electron chi connectivity index (χ2n) is 4.71. The van der Waals surface area contributed by atoms with Crippen LogP contribution < -0.4 is 0 Å². The Hall–Kier alpha value is -2.13. The highest BCUT2D eigenvalue weighted by atomic mass is 16.3. The van der Waals surface area contributed by atoms with Crippen LogP contribution in [-0.4, -0.2) is 14.5 Å². The zero-order chi connectivity index (χ0) is 13.2. The molecule has 0 bridgehead atoms. The number of nitrogens with zero attached hydrogens (tertiary/aromatic N) is 2. The van der Waals surface area contributed by atoms with Crippen LogP contribution in [0.5, 0.6) is 0 Å². The smallest absolute Gasteiger partial charge is 0.140 e. The first kappa shape index (κ1) is 11.9. The number of aliphatic hydroxyl groups excluding tert-OH is 1. The molecule has 0 atom stereocenters. The first-order valence-electron chi connectivity index (χ1n) is 6.40. The number of aryl methyl sites for hydroxylation is 1. The van der Waals surface area contributed by atoms with E-state index < -0.39 is 0 Å². The molecular formula is C16H16N2O. The van der Waals surface area contributed by atoms with Gasteiger partial charge in [-0.25, -0.2) is 4.98 Å². The SMILES string of the molecule is Cc1cccn2c(CO)c(Cc3ccccc3)nc12. The van der Waals surface area contributed by atoms with Gasteiger partial charge in [0.05, 0.1) is 18.0 Å². The third kappa shape index (κ3) is 2.13. The fourth-order valence-electron chi connectivity index (χ4n) is 2.40. The van der Waals surface area contributed by atoms with Crippen LogP contribution in [0.15, 0.2) is 48.7 Å². The minimum Gasteiger partial charge on any atom is -0.390 e. The van der Waals surface area contributed by atoms with Gasteiger partial charge in [-0.2, -0.15) is 0 Å². The number of aromatic nitrogens is 2. The van der Waals surface area contributed by atoms with Crippen molar-refractivity contribution in [2.75, 3.05) is 0 Å². The van der Waals surface area contributed by atoms with Crippen LogP contribution >= 0.6 is 0 Å². The minimum absolute atomic E-state index is 0.00673. The molecule has 3 nitrogen and oxygen atoms in total. The second kappa shape index (κ2) is 4.86. The van der Waals surface area contributed by atoms with Gasteiger partial charge in [0.15, 0.2) is 0 Å². The van der Waals surface area contributed by atoms with Gasteiger partial charge in [0, 0.05) is 12.6 Å². The molecule has 0 saturated heterocycles. The van der Waals surface area contributed by atoms with Gasteiger partial charge in [0.2, 0.25) is 0 Å². The topological polar surface area (TPSA) is 37.5 Å². The van der Waals surface area contributed by atoms with Crippen LogP contribution in [0.3, 0.4) is 0 Å². The van der Waals surface area contributed by atoms with Crippen molar-refractivity contribution in [1.29, 1.82) is 0 Å². The lowest BCUT2D eigenvalue weighted by Gasteiger charge is -2.02. The molecule has 1 aromatic carbocycles. The van der Waals surface area contributed by atoms with Gasteiger partial charge in [0.25, 0.3) is 0 Å². The van der Waals surface area contributed by atoms with E-state index in [1.807, 2.05) is 47.9 Å². The zero-order valence-electron chi connectivity index (χ0n) is 10.9. The summed E-state index contributed by atoms with van der Waals surface area (Å²) in [7, 11) is 0. The van der Waals surface area contributed by atoms with Gasteiger partial charge in [0.1, 0.15) is 5.65 Å². The zero-order valence-corrected chi connectivity index (χ0v) is 10.9. The molecule has 1 N–H and O–H groups in total. The molecule has 0 saturated carbocycles. The van der Waals surface area contributed by atoms with Crippen molar-refractivity contribution in [3.8, 4) is 0 Å². The van der Waals surface area contributed by atoms with Crippen LogP contribution in [0.25, 0.3) is 5.65 Å². The maximum atomic E-state index is 9.61. The van der Waals surface area contributed by atoms with Crippen molar-refractivity contribution < 1.29 is 5.11 Å². The molecule has 2 aromatic heterocycles. The molecular weight excluding hydrogens is 236 g/mol. The first-order valence-corrected chi connectivity index (χ1v) is 6.40. The lowest BCUT2D eigenvalue weighted by atomic mass is 10.1. The monoisotopic (exact) mass is 252 g/mol. The highest BCUT2D eigenvalue weighted by molar-refractivity contribution is 5.50. The second-order valence-corrected chi connectivity index (χ2v) is 4.71. The van der Waals surface area contributed by atoms with Gasteiger partial charge in [-0.15, -0.1) is 0 Å². The average Bonchev–Trinajstić information content (AvgIpc) is 2.79. The van der Waals surface area contributed by atoms with E-state index in [1.165, 1.54) is 5.56 Å². The van der Waals surface area contributed by atoms with E-state index in [4.69, 9.17) is 0 Å². The summed E-state index contributed by atoms with van der Waals surface area (Å²) in [5.74, 6) is 0. The quantitative estimate of drug-likeness (QED) is 0.778. The van der Waals surface area contributed by atoms with Crippen LogP contribution in [-0.2, 0) is 13.0 Å². The highest BCUT2D eigenvalue weighted by Gasteiger charge is 2.12. The predicted octanol–water partition coefficient (Wildman–Crippen LogP) is 2.73. The largest absolute Gasteiger partial charge is 0.390 e. The Kier molecular flexibility index (Phi) is 3.05. The molecule has 3 rings (SSSR count). The normalized spacial score (nSPS) is 11.1. The molecule has 19 heavy (non-hydrogen) atoms. The summed E-state index contributed by atoms with van der Waals surface area (Å²) in [6, 6.07) is 14.2. The van der Waals surface area contributed by atoms with E-state index in [-0.39, 0.29) is 6.61 Å². The Labute approximate surface area is 112 Å². The molecule has 3 heteroatoms. The summed E-state index contributed by atoms with van der Waals surface area (Å²) in [6.07, 6.45) is 2.70. The van der Waals surface area contributed by atoms with Crippen molar-refractivity contribution in [2.24, 2.45) is 0 Å². The van der Waals surface area contributed by atoms with Crippen molar-refractivity contribution in [2.45, 2.75) is 20.0 Å². The van der Waals surface area contributed by atoms with Gasteiger partial charge < -0.3 is 9.51 Å². The van der Waals surface area contributed by atoms with E-state index in [9.17, 15) is 5.11 Å². The van der Waals surface area contributed by atoms with Gasteiger partial charge in [-0.1, -0.05) is 36.4 Å². The van der Waals surface area contributed by atoms with Gasteiger partial charge >= 0.3 is 0 Å². The summed E-state index contributed by atoms with van der Waals surface area (Å²) in [5.41, 5.74) is 5.08. The van der Waals surface area contributed by atoms with Gasteiger partial charge in [-0.05, 0) is 24.1 Å². The van der Waals surface area contributed by atoms with Crippen molar-refractivity contribution in [3.63, 3.8) is 0 Å². The van der Waals surface area contributed by atoms with E-state index >= 15 is 0 Å². The number of fused-ring (bicyclic) bond motifs is 1. The van der Waals surface area contributed by atoms with Crippen molar-refractivity contribution >= 4 is 5.65 Å². The summed E-state index contributed by atoms with van der Waals surface area (Å²) >= 11 is 0. The Bertz CT molecular complexity index is 701. The Morgan fingerprint density at radius 3 is 2.63 bits per heavy atom. The van der Waals surface area contributed by atoms with E-state index in [1.54, 1.807) is 0 Å². The van der Waals surface area contributed by atoms with Crippen LogP contribution in [0, 0.1) is 6.92 Å². The van der Waals surface area contributed by atoms with Crippen LogP contribution in [0.1, 0.15) is 22.5 Å². The molecule has 0 fully saturated rings. The molecule has 0 aliphatic carbocycles. The van der Waals surface area contributed by atoms with Crippen molar-refractivity contribution in [1.82, 2.24) is 9.38 Å². The molecule has 0 unspecified atom stereocenters. The predicted molar refractivity (Wildman–Crippen MR) is 75.1 cm³/mol. The number of hydrogen-bond donors (Lipinski definition) is 1. The molecule has 96 valence electrons. The van der Waals surface area contributed by atoms with Gasteiger partial charge in [-0.3, -0.25) is 0 Å². The number of imidazole rings is 1. The Morgan fingerprint density at radius 2 is 1.89 bits per heavy atom. The number of benzene rings is 1. The first-order chi connectivity index (χ1) is 9.29. The molecule has 2 heterocycles. The molecule has 0 spiro atoms. The number of rotatable bonds is 3. The summed E-state index contributed by atoms with van der Waals surface area (Å²) in [5, 5.41) is 9.61. The average molecular weight is 252 g/mol. The number of hydrogen-bond acceptors (Lipinski definition) is 2. The summed E-state index contributed by atoms with van der Waals surface area (Å²) in [4.78, 5) is 4.68. The third-order valence-corrected chi connectivity index (χ3v) is 3.39. The maximum Gasteiger partial charge on any atom is 0.140 e. The number of aliphatic hydroxyl groups is 1. The fraction of sp³-hybridized carbons (Fsp3) is 0.188. The van der Waals surface area contributed by atoms with E-state index in [0.29, 0.717) is 0 Å². The fourth-order valence-corrected chi connectivity index (χ4v) is 2.40. The molecule has 0 aliphatic heterocycles.